The average molecular weight is 218 g/mol. The molecular formula is C11H10N2O3. The van der Waals surface area contributed by atoms with Gasteiger partial charge in [-0.3, -0.25) is 4.79 Å². The highest BCUT2D eigenvalue weighted by atomic mass is 16.4. The van der Waals surface area contributed by atoms with Gasteiger partial charge in [0.05, 0.1) is 11.0 Å². The number of nitrogens with one attached hydrogen (secondary N) is 1. The normalized spacial score (nSPS) is 10.6. The molecule has 0 aliphatic rings. The highest BCUT2D eigenvalue weighted by molar-refractivity contribution is 5.88. The van der Waals surface area contributed by atoms with Crippen molar-refractivity contribution in [3.05, 3.63) is 39.3 Å². The standard InChI is InChI=1S/C11H10N2O3/c1-5-3-7-8(4-6(5)2)13-10(14)9(12-7)11(15)16/h3-4H,1-2H3,(H,13,14)(H,15,16). The zero-order valence-corrected chi connectivity index (χ0v) is 8.87. The van der Waals surface area contributed by atoms with Gasteiger partial charge >= 0.3 is 5.97 Å². The molecule has 2 aromatic rings. The smallest absolute Gasteiger partial charge is 0.360 e. The van der Waals surface area contributed by atoms with Crippen molar-refractivity contribution in [2.75, 3.05) is 0 Å². The number of H-pyrrole nitrogens is 1. The van der Waals surface area contributed by atoms with Gasteiger partial charge < -0.3 is 10.1 Å². The van der Waals surface area contributed by atoms with Crippen LogP contribution in [-0.4, -0.2) is 21.0 Å². The van der Waals surface area contributed by atoms with Gasteiger partial charge in [0.1, 0.15) is 0 Å². The van der Waals surface area contributed by atoms with E-state index in [9.17, 15) is 9.59 Å². The van der Waals surface area contributed by atoms with E-state index < -0.39 is 17.2 Å². The highest BCUT2D eigenvalue weighted by Gasteiger charge is 2.12. The van der Waals surface area contributed by atoms with Crippen molar-refractivity contribution in [2.45, 2.75) is 13.8 Å². The van der Waals surface area contributed by atoms with Crippen LogP contribution < -0.4 is 5.56 Å². The van der Waals surface area contributed by atoms with Crippen molar-refractivity contribution >= 4 is 17.0 Å². The Balaban J connectivity index is 2.85. The number of nitrogens with zero attached hydrogens (tertiary/aromatic N) is 1. The molecule has 0 amide bonds. The summed E-state index contributed by atoms with van der Waals surface area (Å²) in [4.78, 5) is 28.4. The number of fused-ring (bicyclic) bond motifs is 1. The second kappa shape index (κ2) is 3.44. The molecule has 0 bridgehead atoms. The summed E-state index contributed by atoms with van der Waals surface area (Å²) in [6.07, 6.45) is 0. The van der Waals surface area contributed by atoms with Crippen molar-refractivity contribution < 1.29 is 9.90 Å². The lowest BCUT2D eigenvalue weighted by atomic mass is 10.1. The number of aromatic carboxylic acids is 1. The van der Waals surface area contributed by atoms with Crippen LogP contribution in [0.15, 0.2) is 16.9 Å². The van der Waals surface area contributed by atoms with Crippen molar-refractivity contribution in [3.8, 4) is 0 Å². The first-order valence-electron chi connectivity index (χ1n) is 4.73. The molecule has 2 rings (SSSR count). The summed E-state index contributed by atoms with van der Waals surface area (Å²) in [6, 6.07) is 3.54. The van der Waals surface area contributed by atoms with Crippen LogP contribution in [0.3, 0.4) is 0 Å². The summed E-state index contributed by atoms with van der Waals surface area (Å²) >= 11 is 0. The van der Waals surface area contributed by atoms with E-state index in [-0.39, 0.29) is 0 Å². The van der Waals surface area contributed by atoms with E-state index in [4.69, 9.17) is 5.11 Å². The Morgan fingerprint density at radius 3 is 2.56 bits per heavy atom. The molecule has 1 aromatic heterocycles. The summed E-state index contributed by atoms with van der Waals surface area (Å²) < 4.78 is 0. The van der Waals surface area contributed by atoms with E-state index >= 15 is 0 Å². The van der Waals surface area contributed by atoms with Crippen molar-refractivity contribution in [1.82, 2.24) is 9.97 Å². The number of carbonyl (C=O) groups is 1. The molecule has 1 heterocycles. The van der Waals surface area contributed by atoms with Crippen LogP contribution in [0.5, 0.6) is 0 Å². The SMILES string of the molecule is Cc1cc2nc(C(=O)O)c(=O)[nH]c2cc1C. The zero-order valence-electron chi connectivity index (χ0n) is 8.87. The molecule has 82 valence electrons. The molecule has 0 spiro atoms. The number of rotatable bonds is 1. The van der Waals surface area contributed by atoms with Crippen LogP contribution >= 0.6 is 0 Å². The number of aryl methyl sites for hydroxylation is 2. The van der Waals surface area contributed by atoms with Gasteiger partial charge in [-0.1, -0.05) is 0 Å². The molecule has 0 aliphatic heterocycles. The molecular weight excluding hydrogens is 208 g/mol. The third-order valence-electron chi connectivity index (χ3n) is 2.51. The highest BCUT2D eigenvalue weighted by Crippen LogP contribution is 2.14. The molecule has 0 saturated heterocycles. The lowest BCUT2D eigenvalue weighted by Crippen LogP contribution is -2.19. The van der Waals surface area contributed by atoms with E-state index in [2.05, 4.69) is 9.97 Å². The fourth-order valence-corrected chi connectivity index (χ4v) is 1.49. The monoisotopic (exact) mass is 218 g/mol. The third kappa shape index (κ3) is 1.56. The molecule has 5 heteroatoms. The molecule has 0 atom stereocenters. The van der Waals surface area contributed by atoms with Gasteiger partial charge in [0.2, 0.25) is 5.69 Å². The second-order valence-electron chi connectivity index (χ2n) is 3.67. The Labute approximate surface area is 90.8 Å². The largest absolute Gasteiger partial charge is 0.476 e. The van der Waals surface area contributed by atoms with Crippen molar-refractivity contribution in [3.63, 3.8) is 0 Å². The summed E-state index contributed by atoms with van der Waals surface area (Å²) in [7, 11) is 0. The maximum absolute atomic E-state index is 11.4. The molecule has 0 fully saturated rings. The quantitative estimate of drug-likeness (QED) is 0.754. The minimum Gasteiger partial charge on any atom is -0.476 e. The molecule has 0 radical (unpaired) electrons. The maximum Gasteiger partial charge on any atom is 0.360 e. The Morgan fingerprint density at radius 1 is 1.31 bits per heavy atom. The number of hydrogen-bond donors (Lipinski definition) is 2. The first kappa shape index (κ1) is 10.4. The number of carboxylic acids is 1. The van der Waals surface area contributed by atoms with Gasteiger partial charge in [-0.25, -0.2) is 9.78 Å². The van der Waals surface area contributed by atoms with E-state index in [0.717, 1.165) is 11.1 Å². The molecule has 16 heavy (non-hydrogen) atoms. The Bertz CT molecular complexity index is 643. The summed E-state index contributed by atoms with van der Waals surface area (Å²) in [6.45, 7) is 3.82. The van der Waals surface area contributed by atoms with Gasteiger partial charge in [0.15, 0.2) is 0 Å². The molecule has 0 saturated carbocycles. The van der Waals surface area contributed by atoms with Crippen LogP contribution in [0, 0.1) is 13.8 Å². The minimum absolute atomic E-state index is 0.476. The summed E-state index contributed by atoms with van der Waals surface area (Å²) in [5.74, 6) is -1.32. The Morgan fingerprint density at radius 2 is 1.94 bits per heavy atom. The maximum atomic E-state index is 11.4. The van der Waals surface area contributed by atoms with E-state index in [1.54, 1.807) is 12.1 Å². The molecule has 2 N–H and O–H groups in total. The number of carboxylic acid groups (broad SMARTS) is 1. The fraction of sp³-hybridized carbons (Fsp3) is 0.182. The van der Waals surface area contributed by atoms with Gasteiger partial charge in [-0.2, -0.15) is 0 Å². The Kier molecular flexibility index (Phi) is 2.23. The number of aromatic amines is 1. The predicted octanol–water partition coefficient (Wildman–Crippen LogP) is 1.24. The molecule has 0 unspecified atom stereocenters. The van der Waals surface area contributed by atoms with Crippen LogP contribution in [0.1, 0.15) is 21.6 Å². The predicted molar refractivity (Wildman–Crippen MR) is 58.8 cm³/mol. The van der Waals surface area contributed by atoms with Crippen molar-refractivity contribution in [2.24, 2.45) is 0 Å². The third-order valence-corrected chi connectivity index (χ3v) is 2.51. The number of aromatic nitrogens is 2. The lowest BCUT2D eigenvalue weighted by Gasteiger charge is -2.03. The van der Waals surface area contributed by atoms with Crippen LogP contribution in [-0.2, 0) is 0 Å². The van der Waals surface area contributed by atoms with Crippen LogP contribution in [0.2, 0.25) is 0 Å². The second-order valence-corrected chi connectivity index (χ2v) is 3.67. The Hall–Kier alpha value is -2.17. The van der Waals surface area contributed by atoms with Gasteiger partial charge in [-0.05, 0) is 37.1 Å². The fourth-order valence-electron chi connectivity index (χ4n) is 1.49. The minimum atomic E-state index is -1.32. The van der Waals surface area contributed by atoms with Crippen LogP contribution in [0.25, 0.3) is 11.0 Å². The van der Waals surface area contributed by atoms with Gasteiger partial charge in [-0.15, -0.1) is 0 Å². The van der Waals surface area contributed by atoms with E-state index in [1.807, 2.05) is 13.8 Å². The molecule has 1 aromatic carbocycles. The van der Waals surface area contributed by atoms with E-state index in [0.29, 0.717) is 11.0 Å². The molecule has 5 nitrogen and oxygen atoms in total. The zero-order chi connectivity index (χ0) is 11.9. The van der Waals surface area contributed by atoms with Gasteiger partial charge in [0, 0.05) is 0 Å². The van der Waals surface area contributed by atoms with E-state index in [1.165, 1.54) is 0 Å². The van der Waals surface area contributed by atoms with Crippen LogP contribution in [0.4, 0.5) is 0 Å². The van der Waals surface area contributed by atoms with Gasteiger partial charge in [0.25, 0.3) is 5.56 Å². The lowest BCUT2D eigenvalue weighted by molar-refractivity contribution is 0.0689. The summed E-state index contributed by atoms with van der Waals surface area (Å²) in [5.41, 5.74) is 1.91. The number of hydrogen-bond acceptors (Lipinski definition) is 3. The first-order chi connectivity index (χ1) is 7.49. The topological polar surface area (TPSA) is 83.0 Å². The molecule has 0 aliphatic carbocycles. The average Bonchev–Trinajstić information content (AvgIpc) is 2.19. The first-order valence-corrected chi connectivity index (χ1v) is 4.73. The number of benzene rings is 1. The summed E-state index contributed by atoms with van der Waals surface area (Å²) in [5, 5.41) is 8.77. The van der Waals surface area contributed by atoms with Crippen molar-refractivity contribution in [1.29, 1.82) is 0 Å².